The fourth-order valence-electron chi connectivity index (χ4n) is 1.58. The van der Waals surface area contributed by atoms with Gasteiger partial charge in [0, 0.05) is 12.7 Å². The lowest BCUT2D eigenvalue weighted by molar-refractivity contribution is 0.0694. The van der Waals surface area contributed by atoms with E-state index in [1.807, 2.05) is 0 Å². The summed E-state index contributed by atoms with van der Waals surface area (Å²) in [7, 11) is 0. The molecular formula is C12H17NO3. The van der Waals surface area contributed by atoms with Crippen molar-refractivity contribution in [2.45, 2.75) is 39.2 Å². The molecule has 1 rings (SSSR count). The molecule has 4 heteroatoms. The van der Waals surface area contributed by atoms with Crippen LogP contribution >= 0.6 is 0 Å². The number of rotatable bonds is 6. The summed E-state index contributed by atoms with van der Waals surface area (Å²) in [6.45, 7) is 2.72. The van der Waals surface area contributed by atoms with Gasteiger partial charge in [-0.3, -0.25) is 4.79 Å². The first-order chi connectivity index (χ1) is 7.66. The Morgan fingerprint density at radius 1 is 1.38 bits per heavy atom. The Kier molecular flexibility index (Phi) is 4.76. The van der Waals surface area contributed by atoms with Crippen molar-refractivity contribution in [1.29, 1.82) is 0 Å². The first kappa shape index (κ1) is 12.5. The number of aromatic nitrogens is 1. The quantitative estimate of drug-likeness (QED) is 0.751. The minimum absolute atomic E-state index is 0.155. The van der Waals surface area contributed by atoms with Crippen LogP contribution in [-0.2, 0) is 6.54 Å². The summed E-state index contributed by atoms with van der Waals surface area (Å²) in [4.78, 5) is 22.4. The number of aromatic carboxylic acids is 1. The molecular weight excluding hydrogens is 206 g/mol. The van der Waals surface area contributed by atoms with E-state index in [-0.39, 0.29) is 5.56 Å². The van der Waals surface area contributed by atoms with E-state index in [4.69, 9.17) is 5.11 Å². The van der Waals surface area contributed by atoms with Crippen molar-refractivity contribution in [2.24, 2.45) is 0 Å². The third-order valence-electron chi connectivity index (χ3n) is 2.50. The van der Waals surface area contributed by atoms with Gasteiger partial charge in [-0.25, -0.2) is 4.79 Å². The van der Waals surface area contributed by atoms with Gasteiger partial charge in [0.15, 0.2) is 0 Å². The summed E-state index contributed by atoms with van der Waals surface area (Å²) in [5.41, 5.74) is -0.565. The van der Waals surface area contributed by atoms with Crippen molar-refractivity contribution < 1.29 is 9.90 Å². The van der Waals surface area contributed by atoms with E-state index in [9.17, 15) is 9.59 Å². The molecule has 88 valence electrons. The van der Waals surface area contributed by atoms with E-state index in [0.717, 1.165) is 25.7 Å². The molecule has 0 fully saturated rings. The first-order valence-electron chi connectivity index (χ1n) is 5.59. The highest BCUT2D eigenvalue weighted by Gasteiger charge is 2.09. The number of carboxylic acids is 1. The van der Waals surface area contributed by atoms with Crippen LogP contribution in [-0.4, -0.2) is 15.6 Å². The lowest BCUT2D eigenvalue weighted by Gasteiger charge is -2.05. The SMILES string of the molecule is CCCCCCn1cccc(C(=O)O)c1=O. The zero-order valence-corrected chi connectivity index (χ0v) is 9.48. The highest BCUT2D eigenvalue weighted by molar-refractivity contribution is 5.86. The van der Waals surface area contributed by atoms with E-state index in [2.05, 4.69) is 6.92 Å². The molecule has 1 aromatic rings. The molecule has 0 spiro atoms. The lowest BCUT2D eigenvalue weighted by atomic mass is 10.2. The zero-order chi connectivity index (χ0) is 12.0. The van der Waals surface area contributed by atoms with Gasteiger partial charge in [-0.05, 0) is 18.6 Å². The van der Waals surface area contributed by atoms with Crippen molar-refractivity contribution in [3.8, 4) is 0 Å². The van der Waals surface area contributed by atoms with E-state index in [0.29, 0.717) is 6.54 Å². The number of hydrogen-bond acceptors (Lipinski definition) is 2. The molecule has 0 radical (unpaired) electrons. The molecule has 0 saturated carbocycles. The molecule has 16 heavy (non-hydrogen) atoms. The van der Waals surface area contributed by atoms with E-state index < -0.39 is 11.5 Å². The molecule has 0 aliphatic carbocycles. The van der Waals surface area contributed by atoms with Gasteiger partial charge in [-0.15, -0.1) is 0 Å². The van der Waals surface area contributed by atoms with Crippen LogP contribution < -0.4 is 5.56 Å². The summed E-state index contributed by atoms with van der Waals surface area (Å²) < 4.78 is 1.47. The van der Waals surface area contributed by atoms with Gasteiger partial charge in [0.1, 0.15) is 5.56 Å². The summed E-state index contributed by atoms with van der Waals surface area (Å²) in [6.07, 6.45) is 5.91. The minimum atomic E-state index is -1.16. The molecule has 0 bridgehead atoms. The number of pyridine rings is 1. The second-order valence-electron chi connectivity index (χ2n) is 3.79. The van der Waals surface area contributed by atoms with Crippen LogP contribution in [0.5, 0.6) is 0 Å². The molecule has 4 nitrogen and oxygen atoms in total. The van der Waals surface area contributed by atoms with Crippen LogP contribution in [0.25, 0.3) is 0 Å². The topological polar surface area (TPSA) is 59.3 Å². The van der Waals surface area contributed by atoms with Crippen LogP contribution in [0.2, 0.25) is 0 Å². The fraction of sp³-hybridized carbons (Fsp3) is 0.500. The number of nitrogens with zero attached hydrogens (tertiary/aromatic N) is 1. The smallest absolute Gasteiger partial charge is 0.341 e. The van der Waals surface area contributed by atoms with Crippen molar-refractivity contribution in [3.63, 3.8) is 0 Å². The lowest BCUT2D eigenvalue weighted by Crippen LogP contribution is -2.25. The molecule has 1 aromatic heterocycles. The fourth-order valence-corrected chi connectivity index (χ4v) is 1.58. The Balaban J connectivity index is 2.70. The molecule has 0 aliphatic rings. The summed E-state index contributed by atoms with van der Waals surface area (Å²) in [5, 5.41) is 8.79. The number of carboxylic acid groups (broad SMARTS) is 1. The maximum absolute atomic E-state index is 11.7. The Hall–Kier alpha value is -1.58. The van der Waals surface area contributed by atoms with Crippen LogP contribution in [0.15, 0.2) is 23.1 Å². The predicted octanol–water partition coefficient (Wildman–Crippen LogP) is 2.13. The molecule has 0 aromatic carbocycles. The maximum Gasteiger partial charge on any atom is 0.341 e. The van der Waals surface area contributed by atoms with Gasteiger partial charge < -0.3 is 9.67 Å². The van der Waals surface area contributed by atoms with E-state index >= 15 is 0 Å². The number of unbranched alkanes of at least 4 members (excludes halogenated alkanes) is 3. The third kappa shape index (κ3) is 3.22. The molecule has 0 aliphatic heterocycles. The Morgan fingerprint density at radius 3 is 2.75 bits per heavy atom. The summed E-state index contributed by atoms with van der Waals surface area (Å²) in [6, 6.07) is 2.94. The Labute approximate surface area is 94.5 Å². The maximum atomic E-state index is 11.7. The highest BCUT2D eigenvalue weighted by atomic mass is 16.4. The minimum Gasteiger partial charge on any atom is -0.477 e. The molecule has 1 N–H and O–H groups in total. The van der Waals surface area contributed by atoms with Gasteiger partial charge in [-0.2, -0.15) is 0 Å². The average Bonchev–Trinajstić information content (AvgIpc) is 2.26. The third-order valence-corrected chi connectivity index (χ3v) is 2.50. The van der Waals surface area contributed by atoms with Crippen LogP contribution in [0.3, 0.4) is 0 Å². The standard InChI is InChI=1S/C12H17NO3/c1-2-3-4-5-8-13-9-6-7-10(11(13)14)12(15)16/h6-7,9H,2-5,8H2,1H3,(H,15,16). The van der Waals surface area contributed by atoms with E-state index in [1.54, 1.807) is 12.3 Å². The second-order valence-corrected chi connectivity index (χ2v) is 3.79. The predicted molar refractivity (Wildman–Crippen MR) is 61.8 cm³/mol. The van der Waals surface area contributed by atoms with Crippen molar-refractivity contribution in [2.75, 3.05) is 0 Å². The number of carbonyl (C=O) groups is 1. The van der Waals surface area contributed by atoms with Crippen LogP contribution in [0.4, 0.5) is 0 Å². The molecule has 0 atom stereocenters. The highest BCUT2D eigenvalue weighted by Crippen LogP contribution is 2.01. The summed E-state index contributed by atoms with van der Waals surface area (Å²) >= 11 is 0. The van der Waals surface area contributed by atoms with Gasteiger partial charge in [0.2, 0.25) is 0 Å². The van der Waals surface area contributed by atoms with E-state index in [1.165, 1.54) is 10.6 Å². The van der Waals surface area contributed by atoms with Crippen LogP contribution in [0, 0.1) is 0 Å². The molecule has 1 heterocycles. The average molecular weight is 223 g/mol. The second kappa shape index (κ2) is 6.10. The Morgan fingerprint density at radius 2 is 2.12 bits per heavy atom. The molecule has 0 unspecified atom stereocenters. The van der Waals surface area contributed by atoms with Gasteiger partial charge >= 0.3 is 5.97 Å². The Bertz CT molecular complexity index is 409. The summed E-state index contributed by atoms with van der Waals surface area (Å²) in [5.74, 6) is -1.16. The number of aryl methyl sites for hydroxylation is 1. The zero-order valence-electron chi connectivity index (χ0n) is 9.48. The van der Waals surface area contributed by atoms with Gasteiger partial charge in [0.05, 0.1) is 0 Å². The normalized spacial score (nSPS) is 10.3. The first-order valence-corrected chi connectivity index (χ1v) is 5.59. The monoisotopic (exact) mass is 223 g/mol. The van der Waals surface area contributed by atoms with Crippen molar-refractivity contribution in [3.05, 3.63) is 34.2 Å². The van der Waals surface area contributed by atoms with Gasteiger partial charge in [-0.1, -0.05) is 26.2 Å². The molecule has 0 amide bonds. The van der Waals surface area contributed by atoms with Gasteiger partial charge in [0.25, 0.3) is 5.56 Å². The molecule has 0 saturated heterocycles. The van der Waals surface area contributed by atoms with Crippen molar-refractivity contribution >= 4 is 5.97 Å². The largest absolute Gasteiger partial charge is 0.477 e. The van der Waals surface area contributed by atoms with Crippen molar-refractivity contribution in [1.82, 2.24) is 4.57 Å². The number of hydrogen-bond donors (Lipinski definition) is 1. The van der Waals surface area contributed by atoms with Crippen LogP contribution in [0.1, 0.15) is 43.0 Å².